The van der Waals surface area contributed by atoms with E-state index in [-0.39, 0.29) is 27.6 Å². The molecule has 10 heteroatoms. The molecule has 0 aliphatic heterocycles. The number of rotatable bonds is 9. The lowest BCUT2D eigenvalue weighted by molar-refractivity contribution is -0.145. The lowest BCUT2D eigenvalue weighted by Crippen LogP contribution is -2.26. The molecule has 3 rings (SSSR count). The van der Waals surface area contributed by atoms with Crippen LogP contribution in [0.15, 0.2) is 88.7 Å². The van der Waals surface area contributed by atoms with Crippen molar-refractivity contribution in [2.75, 3.05) is 13.3 Å². The van der Waals surface area contributed by atoms with Crippen molar-refractivity contribution in [2.45, 2.75) is 22.4 Å². The van der Waals surface area contributed by atoms with Crippen molar-refractivity contribution in [1.82, 2.24) is 4.31 Å². The highest BCUT2D eigenvalue weighted by Crippen LogP contribution is 2.25. The summed E-state index contributed by atoms with van der Waals surface area (Å²) >= 11 is 0. The zero-order valence-electron chi connectivity index (χ0n) is 18.0. The summed E-state index contributed by atoms with van der Waals surface area (Å²) in [6, 6.07) is 20.0. The quantitative estimate of drug-likeness (QED) is 0.491. The van der Waals surface area contributed by atoms with E-state index in [1.54, 1.807) is 30.3 Å². The lowest BCUT2D eigenvalue weighted by atomic mass is 10.1. The van der Waals surface area contributed by atoms with Crippen LogP contribution in [0.1, 0.15) is 17.2 Å². The molecular formula is C23H23NO7S2. The first-order valence-electron chi connectivity index (χ1n) is 9.78. The van der Waals surface area contributed by atoms with Gasteiger partial charge in [0.2, 0.25) is 16.1 Å². The van der Waals surface area contributed by atoms with Gasteiger partial charge in [0.05, 0.1) is 9.79 Å². The van der Waals surface area contributed by atoms with Crippen molar-refractivity contribution in [2.24, 2.45) is 0 Å². The minimum Gasteiger partial charge on any atom is -0.478 e. The van der Waals surface area contributed by atoms with E-state index in [2.05, 4.69) is 0 Å². The number of ether oxygens (including phenoxy) is 1. The number of hydrogen-bond acceptors (Lipinski definition) is 6. The Labute approximate surface area is 193 Å². The van der Waals surface area contributed by atoms with Gasteiger partial charge in [-0.05, 0) is 42.0 Å². The van der Waals surface area contributed by atoms with Crippen molar-refractivity contribution in [3.63, 3.8) is 0 Å². The highest BCUT2D eigenvalue weighted by atomic mass is 32.2. The van der Waals surface area contributed by atoms with E-state index < -0.39 is 31.9 Å². The molecule has 0 heterocycles. The molecule has 0 radical (unpaired) electrons. The fraction of sp³-hybridized carbons (Fsp3) is 0.174. The van der Waals surface area contributed by atoms with Gasteiger partial charge in [-0.2, -0.15) is 4.31 Å². The van der Waals surface area contributed by atoms with Crippen LogP contribution >= 0.6 is 0 Å². The Bertz CT molecular complexity index is 1340. The second-order valence-corrected chi connectivity index (χ2v) is 11.5. The summed E-state index contributed by atoms with van der Waals surface area (Å²) < 4.78 is 55.7. The number of sulfonamides is 1. The van der Waals surface area contributed by atoms with E-state index in [1.807, 2.05) is 0 Å². The molecule has 1 unspecified atom stereocenters. The number of hydrogen-bond donors (Lipinski definition) is 1. The van der Waals surface area contributed by atoms with Gasteiger partial charge in [0.25, 0.3) is 0 Å². The van der Waals surface area contributed by atoms with E-state index in [0.29, 0.717) is 5.56 Å². The Morgan fingerprint density at radius 2 is 1.52 bits per heavy atom. The molecule has 0 aliphatic rings. The van der Waals surface area contributed by atoms with Crippen LogP contribution < -0.4 is 4.74 Å². The van der Waals surface area contributed by atoms with E-state index in [1.165, 1.54) is 59.9 Å². The van der Waals surface area contributed by atoms with Crippen LogP contribution in [0.4, 0.5) is 0 Å². The zero-order chi connectivity index (χ0) is 24.2. The Hall–Kier alpha value is -3.21. The van der Waals surface area contributed by atoms with Crippen LogP contribution in [0.25, 0.3) is 0 Å². The highest BCUT2D eigenvalue weighted by molar-refractivity contribution is 7.90. The van der Waals surface area contributed by atoms with Gasteiger partial charge in [0.1, 0.15) is 5.75 Å². The number of sulfone groups is 1. The summed E-state index contributed by atoms with van der Waals surface area (Å²) in [6.07, 6.45) is -0.380. The first-order chi connectivity index (χ1) is 15.5. The average Bonchev–Trinajstić information content (AvgIpc) is 2.78. The molecule has 33 heavy (non-hydrogen) atoms. The number of aliphatic carboxylic acids is 1. The first-order valence-corrected chi connectivity index (χ1v) is 13.1. The van der Waals surface area contributed by atoms with Crippen LogP contribution in [0, 0.1) is 0 Å². The average molecular weight is 490 g/mol. The van der Waals surface area contributed by atoms with Crippen LogP contribution in [-0.4, -0.2) is 45.5 Å². The molecular weight excluding hydrogens is 466 g/mol. The maximum Gasteiger partial charge on any atom is 0.349 e. The van der Waals surface area contributed by atoms with Gasteiger partial charge in [-0.3, -0.25) is 0 Å². The van der Waals surface area contributed by atoms with Gasteiger partial charge in [0.15, 0.2) is 9.84 Å². The van der Waals surface area contributed by atoms with Crippen LogP contribution in [0.5, 0.6) is 5.75 Å². The van der Waals surface area contributed by atoms with Crippen molar-refractivity contribution < 1.29 is 31.5 Å². The molecule has 1 N–H and O–H groups in total. The predicted octanol–water partition coefficient (Wildman–Crippen LogP) is 3.12. The maximum absolute atomic E-state index is 12.7. The topological polar surface area (TPSA) is 118 Å². The summed E-state index contributed by atoms with van der Waals surface area (Å²) in [7, 11) is -5.69. The normalized spacial score (nSPS) is 12.9. The summed E-state index contributed by atoms with van der Waals surface area (Å²) in [5.41, 5.74) is 0.860. The summed E-state index contributed by atoms with van der Waals surface area (Å²) in [4.78, 5) is 12.0. The van der Waals surface area contributed by atoms with E-state index in [4.69, 9.17) is 4.74 Å². The third-order valence-electron chi connectivity index (χ3n) is 4.85. The molecule has 0 amide bonds. The lowest BCUT2D eigenvalue weighted by Gasteiger charge is -2.18. The Morgan fingerprint density at radius 1 is 0.909 bits per heavy atom. The molecule has 0 saturated heterocycles. The monoisotopic (exact) mass is 489 g/mol. The molecule has 3 aromatic carbocycles. The van der Waals surface area contributed by atoms with Crippen molar-refractivity contribution in [1.29, 1.82) is 0 Å². The van der Waals surface area contributed by atoms with E-state index in [0.717, 1.165) is 6.26 Å². The van der Waals surface area contributed by atoms with Gasteiger partial charge in [-0.15, -0.1) is 0 Å². The molecule has 0 saturated carbocycles. The Morgan fingerprint density at radius 3 is 2.09 bits per heavy atom. The van der Waals surface area contributed by atoms with Crippen LogP contribution in [0.2, 0.25) is 0 Å². The molecule has 1 atom stereocenters. The number of benzene rings is 3. The molecule has 174 valence electrons. The first kappa shape index (κ1) is 24.4. The Balaban J connectivity index is 1.76. The van der Waals surface area contributed by atoms with Crippen molar-refractivity contribution >= 4 is 25.8 Å². The van der Waals surface area contributed by atoms with E-state index >= 15 is 0 Å². The minimum absolute atomic E-state index is 0.00661. The van der Waals surface area contributed by atoms with Gasteiger partial charge in [0, 0.05) is 25.4 Å². The van der Waals surface area contributed by atoms with Crippen molar-refractivity contribution in [3.05, 3.63) is 90.0 Å². The largest absolute Gasteiger partial charge is 0.478 e. The molecule has 8 nitrogen and oxygen atoms in total. The fourth-order valence-corrected chi connectivity index (χ4v) is 4.95. The fourth-order valence-electron chi connectivity index (χ4n) is 3.09. The molecule has 3 aromatic rings. The summed E-state index contributed by atoms with van der Waals surface area (Å²) in [5, 5.41) is 9.61. The molecule has 0 spiro atoms. The van der Waals surface area contributed by atoms with Gasteiger partial charge in [-0.25, -0.2) is 21.6 Å². The summed E-state index contributed by atoms with van der Waals surface area (Å²) in [5.74, 6) is -1.04. The predicted molar refractivity (Wildman–Crippen MR) is 122 cm³/mol. The standard InChI is InChI=1S/C23H23NO7S2/c1-24(33(29,30)20-8-4-3-5-9-20)16-17-11-13-19(14-12-17)31-22(23(25)26)18-7-6-10-21(15-18)32(2,27)28/h3-15,22H,16H2,1-2H3,(H,25,26). The smallest absolute Gasteiger partial charge is 0.349 e. The number of nitrogens with zero attached hydrogens (tertiary/aromatic N) is 1. The van der Waals surface area contributed by atoms with Gasteiger partial charge in [-0.1, -0.05) is 42.5 Å². The second-order valence-electron chi connectivity index (χ2n) is 7.40. The molecule has 0 aliphatic carbocycles. The Kier molecular flexibility index (Phi) is 7.21. The van der Waals surface area contributed by atoms with Crippen LogP contribution in [-0.2, 0) is 31.2 Å². The van der Waals surface area contributed by atoms with E-state index in [9.17, 15) is 26.7 Å². The van der Waals surface area contributed by atoms with Gasteiger partial charge < -0.3 is 9.84 Å². The van der Waals surface area contributed by atoms with Gasteiger partial charge >= 0.3 is 5.97 Å². The summed E-state index contributed by atoms with van der Waals surface area (Å²) in [6.45, 7) is 0.107. The molecule has 0 fully saturated rings. The molecule has 0 bridgehead atoms. The molecule has 0 aromatic heterocycles. The number of carbonyl (C=O) groups is 1. The minimum atomic E-state index is -3.65. The second kappa shape index (κ2) is 9.74. The SMILES string of the molecule is CN(Cc1ccc(OC(C(=O)O)c2cccc(S(C)(=O)=O)c2)cc1)S(=O)(=O)c1ccccc1. The third kappa shape index (κ3) is 5.98. The number of carboxylic acid groups (broad SMARTS) is 1. The highest BCUT2D eigenvalue weighted by Gasteiger charge is 2.24. The number of carboxylic acids is 1. The van der Waals surface area contributed by atoms with Crippen LogP contribution in [0.3, 0.4) is 0 Å². The van der Waals surface area contributed by atoms with Crippen molar-refractivity contribution in [3.8, 4) is 5.75 Å². The zero-order valence-corrected chi connectivity index (χ0v) is 19.6. The third-order valence-corrected chi connectivity index (χ3v) is 7.78. The maximum atomic E-state index is 12.7.